The zero-order valence-electron chi connectivity index (χ0n) is 8.10. The molecule has 3 rings (SSSR count). The molecule has 1 atom stereocenters. The maximum atomic E-state index is 13.2. The van der Waals surface area contributed by atoms with Gasteiger partial charge in [-0.25, -0.2) is 8.78 Å². The minimum absolute atomic E-state index is 0.107. The highest BCUT2D eigenvalue weighted by molar-refractivity contribution is 5.16. The van der Waals surface area contributed by atoms with Gasteiger partial charge < -0.3 is 5.11 Å². The van der Waals surface area contributed by atoms with E-state index in [1.54, 1.807) is 0 Å². The summed E-state index contributed by atoms with van der Waals surface area (Å²) < 4.78 is 26.4. The van der Waals surface area contributed by atoms with Crippen LogP contribution in [0.25, 0.3) is 0 Å². The minimum Gasteiger partial charge on any atom is -0.394 e. The molecule has 3 aliphatic rings. The van der Waals surface area contributed by atoms with E-state index in [9.17, 15) is 13.9 Å². The predicted molar refractivity (Wildman–Crippen MR) is 47.2 cm³/mol. The molecular weight excluding hydrogens is 188 g/mol. The number of nitrogens with zero attached hydrogens (tertiary/aromatic N) is 1. The van der Waals surface area contributed by atoms with Gasteiger partial charge in [0.25, 0.3) is 5.92 Å². The number of rotatable bonds is 1. The van der Waals surface area contributed by atoms with Gasteiger partial charge in [0.2, 0.25) is 0 Å². The SMILES string of the molecule is OCC12CC(F)(F)CN1CC1(CC1)C2. The fourth-order valence-electron chi connectivity index (χ4n) is 3.38. The lowest BCUT2D eigenvalue weighted by Crippen LogP contribution is -2.41. The number of alkyl halides is 2. The Morgan fingerprint density at radius 1 is 1.14 bits per heavy atom. The Morgan fingerprint density at radius 2 is 1.86 bits per heavy atom. The predicted octanol–water partition coefficient (Wildman–Crippen LogP) is 1.24. The van der Waals surface area contributed by atoms with Crippen LogP contribution < -0.4 is 0 Å². The number of hydrogen-bond acceptors (Lipinski definition) is 2. The molecule has 1 unspecified atom stereocenters. The molecule has 2 heterocycles. The maximum absolute atomic E-state index is 13.2. The van der Waals surface area contributed by atoms with Crippen LogP contribution in [0.2, 0.25) is 0 Å². The van der Waals surface area contributed by atoms with E-state index in [4.69, 9.17) is 0 Å². The Hall–Kier alpha value is -0.220. The molecule has 0 amide bonds. The molecule has 4 heteroatoms. The summed E-state index contributed by atoms with van der Waals surface area (Å²) >= 11 is 0. The molecule has 1 spiro atoms. The van der Waals surface area contributed by atoms with Crippen molar-refractivity contribution in [1.82, 2.24) is 4.90 Å². The summed E-state index contributed by atoms with van der Waals surface area (Å²) in [5.41, 5.74) is -0.279. The molecule has 2 nitrogen and oxygen atoms in total. The smallest absolute Gasteiger partial charge is 0.262 e. The summed E-state index contributed by atoms with van der Waals surface area (Å²) in [6.07, 6.45) is 2.97. The Balaban J connectivity index is 1.88. The number of fused-ring (bicyclic) bond motifs is 1. The van der Waals surface area contributed by atoms with Crippen molar-refractivity contribution in [3.05, 3.63) is 0 Å². The van der Waals surface area contributed by atoms with Crippen LogP contribution in [0.1, 0.15) is 25.7 Å². The van der Waals surface area contributed by atoms with Crippen molar-refractivity contribution in [2.75, 3.05) is 19.7 Å². The standard InChI is InChI=1S/C10H15F2NO/c11-10(12)4-9(7-14)3-8(1-2-8)5-13(9)6-10/h14H,1-7H2. The number of aliphatic hydroxyl groups excluding tert-OH is 1. The summed E-state index contributed by atoms with van der Waals surface area (Å²) in [6, 6.07) is 0. The first-order valence-corrected chi connectivity index (χ1v) is 5.23. The highest BCUT2D eigenvalue weighted by Gasteiger charge is 2.65. The van der Waals surface area contributed by atoms with Gasteiger partial charge >= 0.3 is 0 Å². The van der Waals surface area contributed by atoms with Crippen LogP contribution in [0.15, 0.2) is 0 Å². The summed E-state index contributed by atoms with van der Waals surface area (Å²) in [4.78, 5) is 1.83. The molecule has 0 radical (unpaired) electrons. The van der Waals surface area contributed by atoms with Crippen LogP contribution in [0, 0.1) is 5.41 Å². The third-order valence-corrected chi connectivity index (χ3v) is 4.16. The van der Waals surface area contributed by atoms with Crippen LogP contribution >= 0.6 is 0 Å². The monoisotopic (exact) mass is 203 g/mol. The van der Waals surface area contributed by atoms with Gasteiger partial charge in [0.1, 0.15) is 0 Å². The largest absolute Gasteiger partial charge is 0.394 e. The fourth-order valence-corrected chi connectivity index (χ4v) is 3.38. The molecule has 0 aromatic heterocycles. The molecule has 2 saturated heterocycles. The van der Waals surface area contributed by atoms with Gasteiger partial charge in [0.15, 0.2) is 0 Å². The van der Waals surface area contributed by atoms with Crippen LogP contribution in [-0.2, 0) is 0 Å². The molecule has 1 N–H and O–H groups in total. The van der Waals surface area contributed by atoms with E-state index in [2.05, 4.69) is 0 Å². The van der Waals surface area contributed by atoms with Crippen LogP contribution in [0.5, 0.6) is 0 Å². The van der Waals surface area contributed by atoms with Gasteiger partial charge in [0.05, 0.1) is 18.7 Å². The van der Waals surface area contributed by atoms with E-state index in [-0.39, 0.29) is 19.6 Å². The molecule has 0 aromatic rings. The van der Waals surface area contributed by atoms with Crippen molar-refractivity contribution in [1.29, 1.82) is 0 Å². The van der Waals surface area contributed by atoms with Gasteiger partial charge in [-0.1, -0.05) is 0 Å². The van der Waals surface area contributed by atoms with Crippen molar-refractivity contribution in [3.8, 4) is 0 Å². The number of halogens is 2. The summed E-state index contributed by atoms with van der Waals surface area (Å²) in [5.74, 6) is -2.58. The van der Waals surface area contributed by atoms with Crippen molar-refractivity contribution in [3.63, 3.8) is 0 Å². The minimum atomic E-state index is -2.58. The second-order valence-corrected chi connectivity index (χ2v) is 5.45. The van der Waals surface area contributed by atoms with Crippen LogP contribution in [-0.4, -0.2) is 41.2 Å². The van der Waals surface area contributed by atoms with Crippen molar-refractivity contribution >= 4 is 0 Å². The fraction of sp³-hybridized carbons (Fsp3) is 1.00. The summed E-state index contributed by atoms with van der Waals surface area (Å²) in [5, 5.41) is 9.34. The molecule has 0 bridgehead atoms. The lowest BCUT2D eigenvalue weighted by atomic mass is 9.88. The lowest BCUT2D eigenvalue weighted by molar-refractivity contribution is 0.00541. The van der Waals surface area contributed by atoms with Gasteiger partial charge in [0, 0.05) is 13.0 Å². The summed E-state index contributed by atoms with van der Waals surface area (Å²) in [7, 11) is 0. The molecule has 1 aliphatic carbocycles. The van der Waals surface area contributed by atoms with Gasteiger partial charge in [-0.2, -0.15) is 0 Å². The van der Waals surface area contributed by atoms with Crippen LogP contribution in [0.3, 0.4) is 0 Å². The molecule has 1 saturated carbocycles. The first-order valence-electron chi connectivity index (χ1n) is 5.23. The van der Waals surface area contributed by atoms with E-state index in [0.717, 1.165) is 25.8 Å². The average molecular weight is 203 g/mol. The Labute approximate surface area is 81.9 Å². The van der Waals surface area contributed by atoms with E-state index < -0.39 is 11.5 Å². The summed E-state index contributed by atoms with van der Waals surface area (Å²) in [6.45, 7) is 0.531. The first kappa shape index (κ1) is 9.04. The topological polar surface area (TPSA) is 23.5 Å². The van der Waals surface area contributed by atoms with Crippen LogP contribution in [0.4, 0.5) is 8.78 Å². The van der Waals surface area contributed by atoms with E-state index in [1.165, 1.54) is 0 Å². The molecule has 0 aromatic carbocycles. The zero-order chi connectivity index (χ0) is 10.0. The number of aliphatic hydroxyl groups is 1. The molecule has 3 fully saturated rings. The molecule has 14 heavy (non-hydrogen) atoms. The third kappa shape index (κ3) is 1.07. The van der Waals surface area contributed by atoms with Crippen molar-refractivity contribution in [2.24, 2.45) is 5.41 Å². The Bertz CT molecular complexity index is 265. The number of hydrogen-bond donors (Lipinski definition) is 1. The quantitative estimate of drug-likeness (QED) is 0.693. The highest BCUT2D eigenvalue weighted by Crippen LogP contribution is 2.62. The first-order chi connectivity index (χ1) is 6.49. The Morgan fingerprint density at radius 3 is 2.36 bits per heavy atom. The normalized spacial score (nSPS) is 43.1. The van der Waals surface area contributed by atoms with Crippen molar-refractivity contribution in [2.45, 2.75) is 37.1 Å². The average Bonchev–Trinajstić information content (AvgIpc) is 2.66. The van der Waals surface area contributed by atoms with Crippen molar-refractivity contribution < 1.29 is 13.9 Å². The second kappa shape index (κ2) is 2.30. The highest BCUT2D eigenvalue weighted by atomic mass is 19.3. The molecule has 2 aliphatic heterocycles. The Kier molecular flexibility index (Phi) is 1.48. The van der Waals surface area contributed by atoms with Gasteiger partial charge in [-0.15, -0.1) is 0 Å². The third-order valence-electron chi connectivity index (χ3n) is 4.16. The molecule has 80 valence electrons. The molecular formula is C10H15F2NO. The van der Waals surface area contributed by atoms with E-state index in [1.807, 2.05) is 4.90 Å². The van der Waals surface area contributed by atoms with Gasteiger partial charge in [-0.05, 0) is 24.7 Å². The lowest BCUT2D eigenvalue weighted by Gasteiger charge is -2.28. The van der Waals surface area contributed by atoms with Gasteiger partial charge in [-0.3, -0.25) is 4.90 Å². The maximum Gasteiger partial charge on any atom is 0.262 e. The second-order valence-electron chi connectivity index (χ2n) is 5.45. The van der Waals surface area contributed by atoms with E-state index >= 15 is 0 Å². The zero-order valence-corrected chi connectivity index (χ0v) is 8.10. The van der Waals surface area contributed by atoms with E-state index in [0.29, 0.717) is 5.41 Å².